The minimum atomic E-state index is 0.220. The van der Waals surface area contributed by atoms with E-state index >= 15 is 0 Å². The molecule has 0 amide bonds. The van der Waals surface area contributed by atoms with Crippen LogP contribution in [0, 0.1) is 0 Å². The first-order valence-electron chi connectivity index (χ1n) is 20.7. The lowest BCUT2D eigenvalue weighted by Crippen LogP contribution is -2.31. The average molecular weight is 815 g/mol. The number of para-hydroxylation sites is 2. The molecule has 4 aliphatic rings. The highest BCUT2D eigenvalue weighted by atomic mass is 32.1. The molecule has 4 aromatic heterocycles. The minimum Gasteiger partial charge on any atom is -0.501 e. The molecule has 2 aliphatic carbocycles. The third-order valence-corrected chi connectivity index (χ3v) is 13.3. The number of benzene rings is 2. The van der Waals surface area contributed by atoms with E-state index in [2.05, 4.69) is 81.3 Å². The van der Waals surface area contributed by atoms with Gasteiger partial charge in [0.15, 0.2) is 10.3 Å². The fraction of sp³-hybridized carbons (Fsp3) is 0.391. The number of hydrogen-bond donors (Lipinski definition) is 2. The molecule has 2 N–H and O–H groups in total. The summed E-state index contributed by atoms with van der Waals surface area (Å²) in [6, 6.07) is 25.7. The Labute approximate surface area is 347 Å². The lowest BCUT2D eigenvalue weighted by molar-refractivity contribution is 0.141. The van der Waals surface area contributed by atoms with Crippen LogP contribution in [0.25, 0.3) is 26.0 Å². The van der Waals surface area contributed by atoms with Crippen LogP contribution in [0.5, 0.6) is 11.8 Å². The molecule has 0 saturated heterocycles. The number of rotatable bonds is 10. The van der Waals surface area contributed by atoms with Crippen LogP contribution in [-0.2, 0) is 9.47 Å². The number of hydrogen-bond acceptors (Lipinski definition) is 12. The molecule has 6 heterocycles. The first-order valence-corrected chi connectivity index (χ1v) is 22.4. The summed E-state index contributed by atoms with van der Waals surface area (Å²) in [5.41, 5.74) is 5.71. The van der Waals surface area contributed by atoms with Gasteiger partial charge in [0.25, 0.3) is 0 Å². The lowest BCUT2D eigenvalue weighted by atomic mass is 9.92. The largest absolute Gasteiger partial charge is 0.501 e. The van der Waals surface area contributed by atoms with Crippen LogP contribution in [0.15, 0.2) is 104 Å². The van der Waals surface area contributed by atoms with Gasteiger partial charge in [-0.1, -0.05) is 59.1 Å². The topological polar surface area (TPSA) is 113 Å². The molecule has 0 bridgehead atoms. The van der Waals surface area contributed by atoms with E-state index in [-0.39, 0.29) is 12.2 Å². The number of thiazole rings is 2. The summed E-state index contributed by atoms with van der Waals surface area (Å²) in [6.45, 7) is 2.19. The van der Waals surface area contributed by atoms with Crippen molar-refractivity contribution in [3.63, 3.8) is 0 Å². The predicted molar refractivity (Wildman–Crippen MR) is 234 cm³/mol. The van der Waals surface area contributed by atoms with Gasteiger partial charge in [0.05, 0.1) is 46.5 Å². The van der Waals surface area contributed by atoms with Crippen LogP contribution in [0.1, 0.15) is 81.3 Å². The Morgan fingerprint density at radius 2 is 1.22 bits per heavy atom. The van der Waals surface area contributed by atoms with Gasteiger partial charge in [0.2, 0.25) is 11.8 Å². The average Bonchev–Trinajstić information content (AvgIpc) is 3.89. The SMILES string of the molecule is C1=C(c2cccnc2OC2CCC(Nc3nc4ccccc4s3)CC2)CCOC1.C1=CC(c2cccnc2OC2CCC(Nc3nc4ccccc4s3)CC2)CCO1. The molecule has 300 valence electrons. The Hall–Kier alpha value is -5.04. The molecule has 1 atom stereocenters. The quantitative estimate of drug-likeness (QED) is 0.139. The van der Waals surface area contributed by atoms with Crippen molar-refractivity contribution in [2.24, 2.45) is 0 Å². The molecule has 12 heteroatoms. The Morgan fingerprint density at radius 1 is 0.621 bits per heavy atom. The Kier molecular flexibility index (Phi) is 12.4. The van der Waals surface area contributed by atoms with Gasteiger partial charge in [-0.15, -0.1) is 0 Å². The van der Waals surface area contributed by atoms with E-state index in [1.54, 1.807) is 28.9 Å². The highest BCUT2D eigenvalue weighted by molar-refractivity contribution is 7.22. The van der Waals surface area contributed by atoms with Crippen molar-refractivity contribution < 1.29 is 18.9 Å². The van der Waals surface area contributed by atoms with Gasteiger partial charge in [-0.25, -0.2) is 19.9 Å². The lowest BCUT2D eigenvalue weighted by Gasteiger charge is -2.30. The van der Waals surface area contributed by atoms with Crippen molar-refractivity contribution in [2.75, 3.05) is 30.5 Å². The summed E-state index contributed by atoms with van der Waals surface area (Å²) in [7, 11) is 0. The van der Waals surface area contributed by atoms with Crippen molar-refractivity contribution in [3.8, 4) is 11.8 Å². The van der Waals surface area contributed by atoms with Gasteiger partial charge in [0, 0.05) is 41.5 Å². The van der Waals surface area contributed by atoms with Gasteiger partial charge in [-0.3, -0.25) is 0 Å². The molecule has 1 unspecified atom stereocenters. The minimum absolute atomic E-state index is 0.220. The summed E-state index contributed by atoms with van der Waals surface area (Å²) >= 11 is 3.46. The van der Waals surface area contributed by atoms with Gasteiger partial charge in [-0.2, -0.15) is 0 Å². The first kappa shape index (κ1) is 38.5. The molecule has 6 aromatic rings. The van der Waals surface area contributed by atoms with Crippen molar-refractivity contribution in [2.45, 2.75) is 94.4 Å². The molecular weight excluding hydrogens is 765 g/mol. The van der Waals surface area contributed by atoms with Crippen molar-refractivity contribution in [1.82, 2.24) is 19.9 Å². The first-order chi connectivity index (χ1) is 28.7. The van der Waals surface area contributed by atoms with Crippen molar-refractivity contribution >= 4 is 58.9 Å². The normalized spacial score (nSPS) is 23.2. The van der Waals surface area contributed by atoms with E-state index in [4.69, 9.17) is 28.9 Å². The zero-order chi connectivity index (χ0) is 38.9. The maximum atomic E-state index is 6.36. The van der Waals surface area contributed by atoms with Gasteiger partial charge < -0.3 is 29.6 Å². The summed E-state index contributed by atoms with van der Waals surface area (Å²) in [6.07, 6.45) is 20.5. The van der Waals surface area contributed by atoms with Gasteiger partial charge >= 0.3 is 0 Å². The summed E-state index contributed by atoms with van der Waals surface area (Å²) in [4.78, 5) is 18.5. The van der Waals surface area contributed by atoms with Crippen molar-refractivity contribution in [3.05, 3.63) is 115 Å². The molecule has 10 nitrogen and oxygen atoms in total. The molecule has 2 aromatic carbocycles. The van der Waals surface area contributed by atoms with Crippen LogP contribution in [0.2, 0.25) is 0 Å². The summed E-state index contributed by atoms with van der Waals surface area (Å²) in [5.74, 6) is 1.87. The molecule has 0 spiro atoms. The fourth-order valence-electron chi connectivity index (χ4n) is 8.24. The van der Waals surface area contributed by atoms with Crippen LogP contribution in [-0.4, -0.2) is 64.0 Å². The summed E-state index contributed by atoms with van der Waals surface area (Å²) in [5, 5.41) is 9.31. The van der Waals surface area contributed by atoms with E-state index < -0.39 is 0 Å². The third kappa shape index (κ3) is 9.62. The van der Waals surface area contributed by atoms with Crippen LogP contribution < -0.4 is 20.1 Å². The Bertz CT molecular complexity index is 2260. The molecule has 58 heavy (non-hydrogen) atoms. The second-order valence-corrected chi connectivity index (χ2v) is 17.4. The molecule has 2 aliphatic heterocycles. The van der Waals surface area contributed by atoms with E-state index in [0.29, 0.717) is 24.6 Å². The molecule has 2 fully saturated rings. The number of aromatic nitrogens is 4. The smallest absolute Gasteiger partial charge is 0.221 e. The maximum Gasteiger partial charge on any atom is 0.221 e. The standard InChI is InChI=1S/2C23H25N3O2S/c2*1-2-6-21-20(5-1)26-23(29-21)25-17-7-9-18(10-8-17)28-22-19(4-3-13-24-22)16-11-14-27-15-12-16/h1-6,11,13,17-18H,7-10,12,14-15H2,(H,25,26);1-6,11,13-14,16-18H,7-10,12,15H2,(H,25,26). The molecule has 2 saturated carbocycles. The number of pyridine rings is 2. The van der Waals surface area contributed by atoms with E-state index in [0.717, 1.165) is 116 Å². The maximum absolute atomic E-state index is 6.36. The number of anilines is 2. The van der Waals surface area contributed by atoms with Gasteiger partial charge in [-0.05, 0) is 118 Å². The number of nitrogens with zero attached hydrogens (tertiary/aromatic N) is 4. The third-order valence-electron chi connectivity index (χ3n) is 11.4. The second-order valence-electron chi connectivity index (χ2n) is 15.3. The van der Waals surface area contributed by atoms with Crippen LogP contribution in [0.3, 0.4) is 0 Å². The van der Waals surface area contributed by atoms with Crippen molar-refractivity contribution in [1.29, 1.82) is 0 Å². The predicted octanol–water partition coefficient (Wildman–Crippen LogP) is 10.8. The zero-order valence-corrected chi connectivity index (χ0v) is 34.3. The number of nitrogens with one attached hydrogen (secondary N) is 2. The van der Waals surface area contributed by atoms with Crippen LogP contribution in [0.4, 0.5) is 10.3 Å². The highest BCUT2D eigenvalue weighted by Crippen LogP contribution is 2.35. The monoisotopic (exact) mass is 814 g/mol. The number of fused-ring (bicyclic) bond motifs is 2. The zero-order valence-electron chi connectivity index (χ0n) is 32.6. The molecule has 0 radical (unpaired) electrons. The number of allylic oxidation sites excluding steroid dienone is 1. The number of ether oxygens (including phenoxy) is 4. The van der Waals surface area contributed by atoms with E-state index in [9.17, 15) is 0 Å². The summed E-state index contributed by atoms with van der Waals surface area (Å²) < 4.78 is 26.0. The molecule has 10 rings (SSSR count). The fourth-order valence-corrected chi connectivity index (χ4v) is 10.1. The van der Waals surface area contributed by atoms with Crippen LogP contribution >= 0.6 is 22.7 Å². The molecular formula is C46H50N6O4S2. The van der Waals surface area contributed by atoms with Gasteiger partial charge in [0.1, 0.15) is 12.2 Å². The highest BCUT2D eigenvalue weighted by Gasteiger charge is 2.27. The second kappa shape index (κ2) is 18.7. The Morgan fingerprint density at radius 3 is 1.81 bits per heavy atom. The van der Waals surface area contributed by atoms with E-state index in [1.165, 1.54) is 20.5 Å². The Balaban J connectivity index is 0.000000150. The van der Waals surface area contributed by atoms with E-state index in [1.807, 2.05) is 36.7 Å².